The molecule has 2 nitrogen and oxygen atoms in total. The standard InChI is InChI=1S/C7H11NO/c1-8-6-2-3-7(8)5-9-4-6/h4,7H,2-3,5H2,1H3. The molecule has 2 heterocycles. The zero-order chi connectivity index (χ0) is 6.27. The van der Waals surface area contributed by atoms with Crippen molar-refractivity contribution in [2.75, 3.05) is 13.7 Å². The zero-order valence-electron chi connectivity index (χ0n) is 5.63. The van der Waals surface area contributed by atoms with Gasteiger partial charge in [0.25, 0.3) is 0 Å². The SMILES string of the molecule is CN1C2=COCC1CC2. The Morgan fingerprint density at radius 1 is 1.78 bits per heavy atom. The van der Waals surface area contributed by atoms with E-state index in [0.29, 0.717) is 6.04 Å². The number of ether oxygens (including phenoxy) is 1. The molecule has 1 atom stereocenters. The third kappa shape index (κ3) is 0.622. The van der Waals surface area contributed by atoms with Gasteiger partial charge in [-0.05, 0) is 12.8 Å². The van der Waals surface area contributed by atoms with Gasteiger partial charge in [-0.1, -0.05) is 0 Å². The fourth-order valence-electron chi connectivity index (χ4n) is 1.51. The Balaban J connectivity index is 2.27. The molecule has 0 amide bonds. The fraction of sp³-hybridized carbons (Fsp3) is 0.714. The lowest BCUT2D eigenvalue weighted by molar-refractivity contribution is 0.139. The van der Waals surface area contributed by atoms with Gasteiger partial charge >= 0.3 is 0 Å². The quantitative estimate of drug-likeness (QED) is 0.478. The first kappa shape index (κ1) is 5.15. The zero-order valence-corrected chi connectivity index (χ0v) is 5.63. The Labute approximate surface area is 55.1 Å². The maximum Gasteiger partial charge on any atom is 0.108 e. The van der Waals surface area contributed by atoms with Gasteiger partial charge in [0, 0.05) is 12.7 Å². The molecule has 50 valence electrons. The lowest BCUT2D eigenvalue weighted by atomic mass is 10.2. The summed E-state index contributed by atoms with van der Waals surface area (Å²) in [5.41, 5.74) is 1.37. The molecule has 9 heavy (non-hydrogen) atoms. The topological polar surface area (TPSA) is 12.5 Å². The molecule has 2 heteroatoms. The monoisotopic (exact) mass is 125 g/mol. The highest BCUT2D eigenvalue weighted by molar-refractivity contribution is 5.08. The summed E-state index contributed by atoms with van der Waals surface area (Å²) < 4.78 is 5.22. The minimum Gasteiger partial charge on any atom is -0.497 e. The van der Waals surface area contributed by atoms with Crippen molar-refractivity contribution in [3.05, 3.63) is 12.0 Å². The summed E-state index contributed by atoms with van der Waals surface area (Å²) >= 11 is 0. The summed E-state index contributed by atoms with van der Waals surface area (Å²) in [6.45, 7) is 0.889. The number of nitrogens with zero attached hydrogens (tertiary/aromatic N) is 1. The van der Waals surface area contributed by atoms with Crippen LogP contribution in [0.2, 0.25) is 0 Å². The smallest absolute Gasteiger partial charge is 0.108 e. The van der Waals surface area contributed by atoms with Crippen LogP contribution in [0.1, 0.15) is 12.8 Å². The minimum absolute atomic E-state index is 0.671. The molecule has 0 saturated carbocycles. The lowest BCUT2D eigenvalue weighted by Crippen LogP contribution is -2.30. The first-order valence-corrected chi connectivity index (χ1v) is 3.41. The van der Waals surface area contributed by atoms with Crippen molar-refractivity contribution in [1.29, 1.82) is 0 Å². The maximum absolute atomic E-state index is 5.22. The minimum atomic E-state index is 0.671. The second-order valence-corrected chi connectivity index (χ2v) is 2.75. The van der Waals surface area contributed by atoms with Gasteiger partial charge in [-0.3, -0.25) is 0 Å². The van der Waals surface area contributed by atoms with Crippen LogP contribution in [0, 0.1) is 0 Å². The molecule has 1 saturated heterocycles. The molecule has 2 rings (SSSR count). The van der Waals surface area contributed by atoms with Crippen LogP contribution in [0.15, 0.2) is 12.0 Å². The second-order valence-electron chi connectivity index (χ2n) is 2.75. The molecule has 1 fully saturated rings. The third-order valence-electron chi connectivity index (χ3n) is 2.24. The van der Waals surface area contributed by atoms with Crippen molar-refractivity contribution in [2.45, 2.75) is 18.9 Å². The summed E-state index contributed by atoms with van der Waals surface area (Å²) in [5.74, 6) is 0. The molecule has 2 aliphatic heterocycles. The van der Waals surface area contributed by atoms with Gasteiger partial charge in [-0.25, -0.2) is 0 Å². The first-order chi connectivity index (χ1) is 4.38. The van der Waals surface area contributed by atoms with Gasteiger partial charge < -0.3 is 9.64 Å². The predicted octanol–water partition coefficient (Wildman–Crippen LogP) is 0.952. The highest BCUT2D eigenvalue weighted by Gasteiger charge is 2.28. The Morgan fingerprint density at radius 2 is 2.67 bits per heavy atom. The highest BCUT2D eigenvalue weighted by atomic mass is 16.5. The molecule has 0 aromatic carbocycles. The van der Waals surface area contributed by atoms with Crippen LogP contribution in [0.25, 0.3) is 0 Å². The van der Waals surface area contributed by atoms with E-state index in [2.05, 4.69) is 11.9 Å². The predicted molar refractivity (Wildman–Crippen MR) is 34.8 cm³/mol. The van der Waals surface area contributed by atoms with E-state index in [1.807, 2.05) is 6.26 Å². The van der Waals surface area contributed by atoms with Gasteiger partial charge in [-0.15, -0.1) is 0 Å². The highest BCUT2D eigenvalue weighted by Crippen LogP contribution is 2.28. The average molecular weight is 125 g/mol. The third-order valence-corrected chi connectivity index (χ3v) is 2.24. The molecule has 2 bridgehead atoms. The van der Waals surface area contributed by atoms with Gasteiger partial charge in [-0.2, -0.15) is 0 Å². The fourth-order valence-corrected chi connectivity index (χ4v) is 1.51. The van der Waals surface area contributed by atoms with Gasteiger partial charge in [0.15, 0.2) is 0 Å². The number of hydrogen-bond donors (Lipinski definition) is 0. The van der Waals surface area contributed by atoms with Crippen LogP contribution in [0.3, 0.4) is 0 Å². The summed E-state index contributed by atoms with van der Waals surface area (Å²) in [5, 5.41) is 0. The summed E-state index contributed by atoms with van der Waals surface area (Å²) in [6.07, 6.45) is 4.38. The Morgan fingerprint density at radius 3 is 3.33 bits per heavy atom. The van der Waals surface area contributed by atoms with E-state index in [0.717, 1.165) is 6.61 Å². The molecule has 1 unspecified atom stereocenters. The molecular formula is C7H11NO. The van der Waals surface area contributed by atoms with Crippen LogP contribution in [-0.2, 0) is 4.74 Å². The number of rotatable bonds is 0. The normalized spacial score (nSPS) is 31.9. The van der Waals surface area contributed by atoms with E-state index < -0.39 is 0 Å². The molecule has 0 aromatic rings. The number of fused-ring (bicyclic) bond motifs is 2. The van der Waals surface area contributed by atoms with Crippen molar-refractivity contribution in [3.63, 3.8) is 0 Å². The molecule has 0 radical (unpaired) electrons. The number of allylic oxidation sites excluding steroid dienone is 1. The summed E-state index contributed by atoms with van der Waals surface area (Å²) in [6, 6.07) is 0.671. The Kier molecular flexibility index (Phi) is 0.949. The molecule has 0 aliphatic carbocycles. The molecule has 0 spiro atoms. The molecular weight excluding hydrogens is 114 g/mol. The van der Waals surface area contributed by atoms with Gasteiger partial charge in [0.2, 0.25) is 0 Å². The van der Waals surface area contributed by atoms with E-state index in [-0.39, 0.29) is 0 Å². The Hall–Kier alpha value is -0.660. The van der Waals surface area contributed by atoms with Crippen molar-refractivity contribution in [1.82, 2.24) is 4.90 Å². The van der Waals surface area contributed by atoms with Crippen LogP contribution in [-0.4, -0.2) is 24.6 Å². The van der Waals surface area contributed by atoms with Crippen molar-refractivity contribution in [2.24, 2.45) is 0 Å². The van der Waals surface area contributed by atoms with E-state index in [9.17, 15) is 0 Å². The molecule has 2 aliphatic rings. The van der Waals surface area contributed by atoms with Crippen molar-refractivity contribution in [3.8, 4) is 0 Å². The van der Waals surface area contributed by atoms with Gasteiger partial charge in [0.1, 0.15) is 12.9 Å². The van der Waals surface area contributed by atoms with Crippen LogP contribution in [0.5, 0.6) is 0 Å². The van der Waals surface area contributed by atoms with E-state index >= 15 is 0 Å². The summed E-state index contributed by atoms with van der Waals surface area (Å²) in [7, 11) is 2.14. The molecule has 0 aromatic heterocycles. The first-order valence-electron chi connectivity index (χ1n) is 3.41. The number of hydrogen-bond acceptors (Lipinski definition) is 2. The number of likely N-dealkylation sites (N-methyl/N-ethyl adjacent to an activating group) is 1. The molecule has 0 N–H and O–H groups in total. The lowest BCUT2D eigenvalue weighted by Gasteiger charge is -2.26. The second kappa shape index (κ2) is 1.66. The van der Waals surface area contributed by atoms with E-state index in [1.54, 1.807) is 0 Å². The maximum atomic E-state index is 5.22. The van der Waals surface area contributed by atoms with Crippen LogP contribution in [0.4, 0.5) is 0 Å². The van der Waals surface area contributed by atoms with Crippen molar-refractivity contribution >= 4 is 0 Å². The average Bonchev–Trinajstić information content (AvgIpc) is 2.19. The largest absolute Gasteiger partial charge is 0.497 e. The van der Waals surface area contributed by atoms with E-state index in [1.165, 1.54) is 18.5 Å². The summed E-state index contributed by atoms with van der Waals surface area (Å²) in [4.78, 5) is 2.32. The van der Waals surface area contributed by atoms with Crippen LogP contribution >= 0.6 is 0 Å². The van der Waals surface area contributed by atoms with E-state index in [4.69, 9.17) is 4.74 Å². The van der Waals surface area contributed by atoms with Crippen LogP contribution < -0.4 is 0 Å². The Bertz CT molecular complexity index is 151. The van der Waals surface area contributed by atoms with Crippen molar-refractivity contribution < 1.29 is 4.74 Å². The van der Waals surface area contributed by atoms with Gasteiger partial charge in [0.05, 0.1) is 6.04 Å².